The summed E-state index contributed by atoms with van der Waals surface area (Å²) in [5, 5.41) is 11.3. The third kappa shape index (κ3) is 4.49. The van der Waals surface area contributed by atoms with Gasteiger partial charge in [0.2, 0.25) is 0 Å². The van der Waals surface area contributed by atoms with Crippen molar-refractivity contribution >= 4 is 23.4 Å². The molecule has 0 radical (unpaired) electrons. The molecule has 1 unspecified atom stereocenters. The lowest BCUT2D eigenvalue weighted by Crippen LogP contribution is -2.01. The van der Waals surface area contributed by atoms with Crippen molar-refractivity contribution in [2.24, 2.45) is 0 Å². The Kier molecular flexibility index (Phi) is 6.25. The van der Waals surface area contributed by atoms with Crippen molar-refractivity contribution in [3.8, 4) is 11.2 Å². The Morgan fingerprint density at radius 3 is 2.94 bits per heavy atom. The van der Waals surface area contributed by atoms with Crippen LogP contribution in [0.2, 0.25) is 5.02 Å². The van der Waals surface area contributed by atoms with Gasteiger partial charge >= 0.3 is 0 Å². The minimum atomic E-state index is 0.344. The van der Waals surface area contributed by atoms with Crippen LogP contribution in [0.15, 0.2) is 18.2 Å². The molecule has 0 aliphatic carbocycles. The van der Waals surface area contributed by atoms with Crippen LogP contribution in [0.25, 0.3) is 0 Å². The fraction of sp³-hybridized carbons (Fsp3) is 0.462. The number of halogens is 1. The van der Waals surface area contributed by atoms with Crippen molar-refractivity contribution in [2.75, 3.05) is 12.4 Å². The number of thiocyanates is 1. The fourth-order valence-electron chi connectivity index (χ4n) is 1.63. The Balaban J connectivity index is 2.79. The van der Waals surface area contributed by atoms with Crippen molar-refractivity contribution in [2.45, 2.75) is 26.2 Å². The summed E-state index contributed by atoms with van der Waals surface area (Å²) in [5.74, 6) is 2.07. The molecule has 1 aromatic rings. The zero-order valence-corrected chi connectivity index (χ0v) is 11.6. The van der Waals surface area contributed by atoms with Crippen molar-refractivity contribution in [1.82, 2.24) is 0 Å². The van der Waals surface area contributed by atoms with Crippen molar-refractivity contribution in [1.29, 1.82) is 5.26 Å². The van der Waals surface area contributed by atoms with E-state index >= 15 is 0 Å². The molecule has 0 aliphatic heterocycles. The lowest BCUT2D eigenvalue weighted by molar-refractivity contribution is 0.334. The zero-order chi connectivity index (χ0) is 12.7. The molecular weight excluding hydrogens is 254 g/mol. The van der Waals surface area contributed by atoms with Gasteiger partial charge in [0.05, 0.1) is 6.61 Å². The van der Waals surface area contributed by atoms with Crippen LogP contribution in [0.3, 0.4) is 0 Å². The molecule has 0 aliphatic rings. The minimum Gasteiger partial charge on any atom is -0.494 e. The largest absolute Gasteiger partial charge is 0.494 e. The normalized spacial score (nSPS) is 11.9. The van der Waals surface area contributed by atoms with Crippen molar-refractivity contribution in [3.63, 3.8) is 0 Å². The molecule has 1 aromatic carbocycles. The van der Waals surface area contributed by atoms with Crippen LogP contribution in [-0.2, 0) is 0 Å². The Morgan fingerprint density at radius 1 is 1.53 bits per heavy atom. The maximum atomic E-state index is 8.50. The molecule has 0 fully saturated rings. The molecule has 1 atom stereocenters. The Labute approximate surface area is 112 Å². The molecular formula is C13H16ClNOS. The quantitative estimate of drug-likeness (QED) is 0.565. The van der Waals surface area contributed by atoms with E-state index in [1.165, 1.54) is 11.8 Å². The second-order valence-corrected chi connectivity index (χ2v) is 5.06. The molecule has 0 bridgehead atoms. The Morgan fingerprint density at radius 2 is 2.29 bits per heavy atom. The van der Waals surface area contributed by atoms with Crippen molar-refractivity contribution < 1.29 is 4.74 Å². The average molecular weight is 270 g/mol. The van der Waals surface area contributed by atoms with Gasteiger partial charge in [-0.3, -0.25) is 0 Å². The van der Waals surface area contributed by atoms with Crippen LogP contribution in [-0.4, -0.2) is 12.4 Å². The summed E-state index contributed by atoms with van der Waals surface area (Å²) in [6, 6.07) is 5.70. The van der Waals surface area contributed by atoms with Gasteiger partial charge in [0, 0.05) is 10.8 Å². The number of rotatable bonds is 6. The molecule has 4 heteroatoms. The topological polar surface area (TPSA) is 33.0 Å². The minimum absolute atomic E-state index is 0.344. The van der Waals surface area contributed by atoms with Crippen LogP contribution in [0, 0.1) is 10.7 Å². The molecule has 0 saturated heterocycles. The summed E-state index contributed by atoms with van der Waals surface area (Å²) in [6.45, 7) is 4.75. The first-order chi connectivity index (χ1) is 8.19. The van der Waals surface area contributed by atoms with E-state index in [0.29, 0.717) is 12.5 Å². The summed E-state index contributed by atoms with van der Waals surface area (Å²) in [7, 11) is 0. The van der Waals surface area contributed by atoms with E-state index in [1.807, 2.05) is 25.1 Å². The SMILES string of the molecule is CCOc1ccc(Cl)cc1C(C)CCSC#N. The van der Waals surface area contributed by atoms with Crippen LogP contribution < -0.4 is 4.74 Å². The number of thioether (sulfide) groups is 1. The first-order valence-corrected chi connectivity index (χ1v) is 6.98. The number of nitriles is 1. The van der Waals surface area contributed by atoms with Gasteiger partial charge in [0.15, 0.2) is 0 Å². The van der Waals surface area contributed by atoms with Gasteiger partial charge in [-0.15, -0.1) is 0 Å². The molecule has 0 aromatic heterocycles. The summed E-state index contributed by atoms with van der Waals surface area (Å²) in [5.41, 5.74) is 1.12. The first-order valence-electron chi connectivity index (χ1n) is 5.62. The highest BCUT2D eigenvalue weighted by Crippen LogP contribution is 2.32. The molecule has 0 heterocycles. The summed E-state index contributed by atoms with van der Waals surface area (Å²) < 4.78 is 5.59. The van der Waals surface area contributed by atoms with Gasteiger partial charge in [0.1, 0.15) is 11.2 Å². The van der Waals surface area contributed by atoms with Crippen LogP contribution in [0.5, 0.6) is 5.75 Å². The van der Waals surface area contributed by atoms with E-state index in [2.05, 4.69) is 12.3 Å². The Hall–Kier alpha value is -0.850. The number of nitrogens with zero attached hydrogens (tertiary/aromatic N) is 1. The van der Waals surface area contributed by atoms with E-state index in [-0.39, 0.29) is 0 Å². The van der Waals surface area contributed by atoms with Gasteiger partial charge < -0.3 is 4.74 Å². The highest BCUT2D eigenvalue weighted by Gasteiger charge is 2.12. The maximum Gasteiger partial charge on any atom is 0.133 e. The zero-order valence-electron chi connectivity index (χ0n) is 10.1. The molecule has 0 saturated carbocycles. The third-order valence-electron chi connectivity index (χ3n) is 2.52. The first kappa shape index (κ1) is 14.2. The van der Waals surface area contributed by atoms with E-state index in [0.717, 1.165) is 28.5 Å². The number of ether oxygens (including phenoxy) is 1. The number of hydrogen-bond acceptors (Lipinski definition) is 3. The third-order valence-corrected chi connectivity index (χ3v) is 3.32. The standard InChI is InChI=1S/C13H16ClNOS/c1-3-16-13-5-4-11(14)8-12(13)10(2)6-7-17-9-15/h4-5,8,10H,3,6-7H2,1-2H3. The highest BCUT2D eigenvalue weighted by molar-refractivity contribution is 8.03. The highest BCUT2D eigenvalue weighted by atomic mass is 35.5. The van der Waals surface area contributed by atoms with Crippen LogP contribution in [0.4, 0.5) is 0 Å². The van der Waals surface area contributed by atoms with Crippen LogP contribution in [0.1, 0.15) is 31.7 Å². The van der Waals surface area contributed by atoms with E-state index in [9.17, 15) is 0 Å². The van der Waals surface area contributed by atoms with E-state index in [4.69, 9.17) is 21.6 Å². The lowest BCUT2D eigenvalue weighted by Gasteiger charge is -2.16. The predicted octanol–water partition coefficient (Wildman–Crippen LogP) is 4.45. The summed E-state index contributed by atoms with van der Waals surface area (Å²) >= 11 is 7.30. The number of hydrogen-bond donors (Lipinski definition) is 0. The summed E-state index contributed by atoms with van der Waals surface area (Å²) in [6.07, 6.45) is 0.943. The fourth-order valence-corrected chi connectivity index (χ4v) is 2.37. The van der Waals surface area contributed by atoms with Gasteiger partial charge in [0.25, 0.3) is 0 Å². The van der Waals surface area contributed by atoms with E-state index < -0.39 is 0 Å². The lowest BCUT2D eigenvalue weighted by atomic mass is 9.98. The van der Waals surface area contributed by atoms with Gasteiger partial charge in [-0.05, 0) is 54.8 Å². The monoisotopic (exact) mass is 269 g/mol. The van der Waals surface area contributed by atoms with Gasteiger partial charge in [-0.25, -0.2) is 0 Å². The molecule has 17 heavy (non-hydrogen) atoms. The smallest absolute Gasteiger partial charge is 0.133 e. The molecule has 0 spiro atoms. The molecule has 1 rings (SSSR count). The van der Waals surface area contributed by atoms with Gasteiger partial charge in [-0.2, -0.15) is 5.26 Å². The predicted molar refractivity (Wildman–Crippen MR) is 73.7 cm³/mol. The molecule has 92 valence electrons. The second kappa shape index (κ2) is 7.47. The van der Waals surface area contributed by atoms with Crippen molar-refractivity contribution in [3.05, 3.63) is 28.8 Å². The Bertz CT molecular complexity index is 403. The maximum absolute atomic E-state index is 8.50. The second-order valence-electron chi connectivity index (χ2n) is 3.74. The molecule has 2 nitrogen and oxygen atoms in total. The average Bonchev–Trinajstić information content (AvgIpc) is 2.32. The van der Waals surface area contributed by atoms with Crippen LogP contribution >= 0.6 is 23.4 Å². The molecule has 0 N–H and O–H groups in total. The number of benzene rings is 1. The van der Waals surface area contributed by atoms with Gasteiger partial charge in [-0.1, -0.05) is 18.5 Å². The van der Waals surface area contributed by atoms with E-state index in [1.54, 1.807) is 0 Å². The summed E-state index contributed by atoms with van der Waals surface area (Å²) in [4.78, 5) is 0. The molecule has 0 amide bonds.